The molecule has 0 radical (unpaired) electrons. The Kier molecular flexibility index (Phi) is 2.04. The van der Waals surface area contributed by atoms with Crippen molar-refractivity contribution in [3.05, 3.63) is 11.6 Å². The summed E-state index contributed by atoms with van der Waals surface area (Å²) < 4.78 is 0. The van der Waals surface area contributed by atoms with Gasteiger partial charge in [0.2, 0.25) is 0 Å². The van der Waals surface area contributed by atoms with Crippen molar-refractivity contribution >= 4 is 5.78 Å². The number of fused-ring (bicyclic) bond motifs is 1. The highest BCUT2D eigenvalue weighted by Gasteiger charge is 2.69. The number of hydrogen-bond donors (Lipinski definition) is 1. The van der Waals surface area contributed by atoms with E-state index in [0.717, 1.165) is 12.8 Å². The van der Waals surface area contributed by atoms with Gasteiger partial charge in [-0.3, -0.25) is 4.79 Å². The van der Waals surface area contributed by atoms with Crippen molar-refractivity contribution in [1.29, 1.82) is 0 Å². The average molecular weight is 234 g/mol. The van der Waals surface area contributed by atoms with Gasteiger partial charge in [0, 0.05) is 5.92 Å². The summed E-state index contributed by atoms with van der Waals surface area (Å²) in [5.41, 5.74) is 1.23. The first-order chi connectivity index (χ1) is 7.80. The monoisotopic (exact) mass is 234 g/mol. The molecule has 0 saturated heterocycles. The van der Waals surface area contributed by atoms with Gasteiger partial charge in [0.05, 0.1) is 6.10 Å². The number of allylic oxidation sites excluding steroid dienone is 2. The minimum absolute atomic E-state index is 0.120. The van der Waals surface area contributed by atoms with Crippen LogP contribution in [0.5, 0.6) is 0 Å². The molecular weight excluding hydrogens is 212 g/mol. The van der Waals surface area contributed by atoms with Crippen LogP contribution < -0.4 is 0 Å². The summed E-state index contributed by atoms with van der Waals surface area (Å²) in [4.78, 5) is 12.3. The fourth-order valence-corrected chi connectivity index (χ4v) is 5.01. The molecule has 2 heteroatoms. The van der Waals surface area contributed by atoms with E-state index in [4.69, 9.17) is 0 Å². The van der Waals surface area contributed by atoms with Crippen LogP contribution >= 0.6 is 0 Å². The lowest BCUT2D eigenvalue weighted by Crippen LogP contribution is -2.64. The van der Waals surface area contributed by atoms with Crippen LogP contribution in [-0.4, -0.2) is 17.0 Å². The normalized spacial score (nSPS) is 51.4. The first-order valence-corrected chi connectivity index (χ1v) is 6.70. The maximum atomic E-state index is 12.3. The molecule has 0 aromatic carbocycles. The van der Waals surface area contributed by atoms with Crippen molar-refractivity contribution in [1.82, 2.24) is 0 Å². The Morgan fingerprint density at radius 1 is 1.29 bits per heavy atom. The topological polar surface area (TPSA) is 37.3 Å². The zero-order valence-electron chi connectivity index (χ0n) is 11.2. The van der Waals surface area contributed by atoms with E-state index in [1.807, 2.05) is 6.08 Å². The molecule has 94 valence electrons. The van der Waals surface area contributed by atoms with Gasteiger partial charge in [-0.1, -0.05) is 26.3 Å². The van der Waals surface area contributed by atoms with Gasteiger partial charge < -0.3 is 5.11 Å². The van der Waals surface area contributed by atoms with Gasteiger partial charge >= 0.3 is 0 Å². The Morgan fingerprint density at radius 2 is 1.94 bits per heavy atom. The second-order valence-corrected chi connectivity index (χ2v) is 7.15. The molecule has 4 rings (SSSR count). The molecule has 2 saturated carbocycles. The molecule has 5 atom stereocenters. The van der Waals surface area contributed by atoms with E-state index < -0.39 is 0 Å². The Hall–Kier alpha value is -0.630. The fraction of sp³-hybridized carbons (Fsp3) is 0.800. The molecule has 2 nitrogen and oxygen atoms in total. The van der Waals surface area contributed by atoms with Crippen molar-refractivity contribution in [3.63, 3.8) is 0 Å². The lowest BCUT2D eigenvalue weighted by atomic mass is 9.38. The Morgan fingerprint density at radius 3 is 2.53 bits per heavy atom. The second kappa shape index (κ2) is 3.03. The molecular formula is C15H22O2. The molecule has 0 aliphatic heterocycles. The summed E-state index contributed by atoms with van der Waals surface area (Å²) >= 11 is 0. The SMILES string of the molecule is CC1=CC(=O)C2C3C1C2(C)CCC(O)C3(C)C. The first kappa shape index (κ1) is 11.5. The van der Waals surface area contributed by atoms with Crippen LogP contribution in [0.25, 0.3) is 0 Å². The van der Waals surface area contributed by atoms with Gasteiger partial charge in [-0.15, -0.1) is 0 Å². The summed E-state index contributed by atoms with van der Waals surface area (Å²) in [7, 11) is 0. The van der Waals surface area contributed by atoms with Crippen molar-refractivity contribution in [2.24, 2.45) is 28.6 Å². The van der Waals surface area contributed by atoms with Crippen LogP contribution in [0.2, 0.25) is 0 Å². The molecule has 0 amide bonds. The summed E-state index contributed by atoms with van der Waals surface area (Å²) in [5.74, 6) is 1.32. The smallest absolute Gasteiger partial charge is 0.159 e. The van der Waals surface area contributed by atoms with Gasteiger partial charge in [0.15, 0.2) is 5.78 Å². The summed E-state index contributed by atoms with van der Waals surface area (Å²) in [6.07, 6.45) is 3.41. The van der Waals surface area contributed by atoms with Crippen LogP contribution in [0, 0.1) is 28.6 Å². The quantitative estimate of drug-likeness (QED) is 0.699. The molecule has 4 bridgehead atoms. The number of aliphatic hydroxyl groups excluding tert-OH is 1. The minimum atomic E-state index is -0.263. The number of hydrogen-bond acceptors (Lipinski definition) is 2. The molecule has 17 heavy (non-hydrogen) atoms. The molecule has 2 fully saturated rings. The molecule has 1 N–H and O–H groups in total. The van der Waals surface area contributed by atoms with Crippen LogP contribution in [0.4, 0.5) is 0 Å². The Balaban J connectivity index is 2.14. The van der Waals surface area contributed by atoms with Crippen LogP contribution in [0.1, 0.15) is 40.5 Å². The Labute approximate surface area is 103 Å². The van der Waals surface area contributed by atoms with E-state index in [0.29, 0.717) is 17.6 Å². The van der Waals surface area contributed by atoms with Crippen LogP contribution in [-0.2, 0) is 4.79 Å². The Bertz CT molecular complexity index is 421. The number of carbonyl (C=O) groups is 1. The van der Waals surface area contributed by atoms with Gasteiger partial charge in [0.1, 0.15) is 0 Å². The van der Waals surface area contributed by atoms with E-state index in [1.165, 1.54) is 5.57 Å². The van der Waals surface area contributed by atoms with E-state index in [2.05, 4.69) is 27.7 Å². The van der Waals surface area contributed by atoms with E-state index in [-0.39, 0.29) is 22.9 Å². The number of ketones is 1. The number of carbonyl (C=O) groups excluding carboxylic acids is 1. The largest absolute Gasteiger partial charge is 0.393 e. The third kappa shape index (κ3) is 1.13. The number of rotatable bonds is 0. The fourth-order valence-electron chi connectivity index (χ4n) is 5.01. The van der Waals surface area contributed by atoms with E-state index in [1.54, 1.807) is 0 Å². The molecule has 0 aromatic rings. The highest BCUT2D eigenvalue weighted by Crippen LogP contribution is 2.71. The molecule has 0 spiro atoms. The summed E-state index contributed by atoms with van der Waals surface area (Å²) in [6, 6.07) is 0. The molecule has 0 heterocycles. The second-order valence-electron chi connectivity index (χ2n) is 7.15. The average Bonchev–Trinajstić information content (AvgIpc) is 2.32. The van der Waals surface area contributed by atoms with Gasteiger partial charge in [-0.25, -0.2) is 0 Å². The van der Waals surface area contributed by atoms with Crippen molar-refractivity contribution in [3.8, 4) is 0 Å². The van der Waals surface area contributed by atoms with Crippen LogP contribution in [0.3, 0.4) is 0 Å². The minimum Gasteiger partial charge on any atom is -0.393 e. The standard InChI is InChI=1S/C15H22O2/c1-8-7-9(16)12-13-11(8)15(12,4)6-5-10(17)14(13,2)3/h7,10-13,17H,5-6H2,1-4H3. The van der Waals surface area contributed by atoms with Crippen molar-refractivity contribution < 1.29 is 9.90 Å². The van der Waals surface area contributed by atoms with Gasteiger partial charge in [0.25, 0.3) is 0 Å². The van der Waals surface area contributed by atoms with Gasteiger partial charge in [-0.05, 0) is 48.5 Å². The summed E-state index contributed by atoms with van der Waals surface area (Å²) in [6.45, 7) is 8.62. The molecule has 4 aliphatic rings. The third-order valence-corrected chi connectivity index (χ3v) is 5.98. The predicted molar refractivity (Wildman–Crippen MR) is 66.4 cm³/mol. The third-order valence-electron chi connectivity index (χ3n) is 5.98. The molecule has 5 unspecified atom stereocenters. The first-order valence-electron chi connectivity index (χ1n) is 6.70. The lowest BCUT2D eigenvalue weighted by Gasteiger charge is -2.65. The molecule has 4 aliphatic carbocycles. The lowest BCUT2D eigenvalue weighted by molar-refractivity contribution is -0.170. The van der Waals surface area contributed by atoms with E-state index in [9.17, 15) is 9.90 Å². The highest BCUT2D eigenvalue weighted by atomic mass is 16.3. The zero-order valence-corrected chi connectivity index (χ0v) is 11.2. The summed E-state index contributed by atoms with van der Waals surface area (Å²) in [5, 5.41) is 10.3. The van der Waals surface area contributed by atoms with Gasteiger partial charge in [-0.2, -0.15) is 0 Å². The van der Waals surface area contributed by atoms with E-state index >= 15 is 0 Å². The maximum absolute atomic E-state index is 12.3. The predicted octanol–water partition coefficient (Wildman–Crippen LogP) is 2.56. The van der Waals surface area contributed by atoms with Crippen LogP contribution in [0.15, 0.2) is 11.6 Å². The van der Waals surface area contributed by atoms with Crippen molar-refractivity contribution in [2.75, 3.05) is 0 Å². The number of aliphatic hydroxyl groups is 1. The highest BCUT2D eigenvalue weighted by molar-refractivity contribution is 5.96. The molecule has 0 aromatic heterocycles. The zero-order chi connectivity index (χ0) is 12.6. The van der Waals surface area contributed by atoms with Crippen molar-refractivity contribution in [2.45, 2.75) is 46.6 Å². The maximum Gasteiger partial charge on any atom is 0.159 e.